The quantitative estimate of drug-likeness (QED) is 0.358. The minimum Gasteiger partial charge on any atom is -0.460 e. The van der Waals surface area contributed by atoms with Gasteiger partial charge in [-0.05, 0) is 17.5 Å². The molecule has 1 rings (SSSR count). The average Bonchev–Trinajstić information content (AvgIpc) is 2.65. The topological polar surface area (TPSA) is 43.4 Å². The maximum atomic E-state index is 11.6. The van der Waals surface area contributed by atoms with Gasteiger partial charge in [-0.3, -0.25) is 4.79 Å². The molecule has 0 spiro atoms. The third-order valence-corrected chi connectivity index (χ3v) is 6.72. The van der Waals surface area contributed by atoms with Crippen molar-refractivity contribution in [3.05, 3.63) is 17.0 Å². The first kappa shape index (κ1) is 13.1. The van der Waals surface area contributed by atoms with Crippen LogP contribution in [0.2, 0.25) is 19.6 Å². The molecule has 0 N–H and O–H groups in total. The number of thiophene rings is 1. The third kappa shape index (κ3) is 3.02. The number of ketones is 1. The van der Waals surface area contributed by atoms with E-state index in [1.807, 2.05) is 6.07 Å². The Hall–Kier alpha value is -0.943. The standard InChI is InChI=1S/C11H16O3SSi/c1-5-14-11(13)10(12)8-6-7-9(15-8)16(2,3)4/h6-7H,5H2,1-4H3. The number of hydrogen-bond donors (Lipinski definition) is 0. The van der Waals surface area contributed by atoms with E-state index in [-0.39, 0.29) is 6.61 Å². The van der Waals surface area contributed by atoms with E-state index in [1.165, 1.54) is 15.8 Å². The molecule has 0 bridgehead atoms. The molecule has 1 heterocycles. The predicted molar refractivity (Wildman–Crippen MR) is 68.3 cm³/mol. The van der Waals surface area contributed by atoms with Crippen LogP contribution < -0.4 is 4.50 Å². The molecule has 16 heavy (non-hydrogen) atoms. The zero-order chi connectivity index (χ0) is 12.3. The highest BCUT2D eigenvalue weighted by molar-refractivity contribution is 7.28. The number of hydrogen-bond acceptors (Lipinski definition) is 4. The highest BCUT2D eigenvalue weighted by Gasteiger charge is 2.24. The van der Waals surface area contributed by atoms with Crippen LogP contribution in [0.1, 0.15) is 16.6 Å². The minimum absolute atomic E-state index is 0.233. The van der Waals surface area contributed by atoms with Crippen LogP contribution in [0.25, 0.3) is 0 Å². The molecular weight excluding hydrogens is 240 g/mol. The van der Waals surface area contributed by atoms with Crippen molar-refractivity contribution in [3.8, 4) is 0 Å². The summed E-state index contributed by atoms with van der Waals surface area (Å²) in [6.45, 7) is 8.54. The van der Waals surface area contributed by atoms with Crippen molar-refractivity contribution in [3.63, 3.8) is 0 Å². The molecular formula is C11H16O3SSi. The Morgan fingerprint density at radius 1 is 1.31 bits per heavy atom. The molecule has 0 saturated carbocycles. The number of ether oxygens (including phenoxy) is 1. The summed E-state index contributed by atoms with van der Waals surface area (Å²) in [5.41, 5.74) is 0. The fraction of sp³-hybridized carbons (Fsp3) is 0.455. The zero-order valence-electron chi connectivity index (χ0n) is 9.99. The second-order valence-electron chi connectivity index (χ2n) is 4.46. The molecule has 0 saturated heterocycles. The summed E-state index contributed by atoms with van der Waals surface area (Å²) in [5, 5.41) is 0. The minimum atomic E-state index is -1.40. The van der Waals surface area contributed by atoms with Crippen LogP contribution in [0.5, 0.6) is 0 Å². The van der Waals surface area contributed by atoms with E-state index in [9.17, 15) is 9.59 Å². The number of rotatable bonds is 4. The third-order valence-electron chi connectivity index (χ3n) is 2.03. The van der Waals surface area contributed by atoms with E-state index in [4.69, 9.17) is 0 Å². The molecule has 5 heteroatoms. The van der Waals surface area contributed by atoms with Crippen molar-refractivity contribution in [2.75, 3.05) is 6.61 Å². The van der Waals surface area contributed by atoms with Crippen LogP contribution >= 0.6 is 11.3 Å². The van der Waals surface area contributed by atoms with Gasteiger partial charge in [0.1, 0.15) is 0 Å². The second-order valence-corrected chi connectivity index (χ2v) is 10.9. The molecule has 0 aromatic carbocycles. The van der Waals surface area contributed by atoms with Crippen LogP contribution in [-0.4, -0.2) is 26.4 Å². The Morgan fingerprint density at radius 3 is 2.38 bits per heavy atom. The molecule has 0 aliphatic heterocycles. The lowest BCUT2D eigenvalue weighted by Crippen LogP contribution is -2.34. The Balaban J connectivity index is 2.86. The lowest BCUT2D eigenvalue weighted by Gasteiger charge is -2.12. The Bertz CT molecular complexity index is 404. The molecule has 1 aromatic rings. The normalized spacial score (nSPS) is 11.2. The van der Waals surface area contributed by atoms with E-state index in [0.29, 0.717) is 4.88 Å². The monoisotopic (exact) mass is 256 g/mol. The maximum Gasteiger partial charge on any atom is 0.380 e. The predicted octanol–water partition coefficient (Wildman–Crippen LogP) is 2.04. The molecule has 0 atom stereocenters. The Labute approximate surface area is 100 Å². The first-order chi connectivity index (χ1) is 7.36. The summed E-state index contributed by atoms with van der Waals surface area (Å²) in [6.07, 6.45) is 0. The van der Waals surface area contributed by atoms with Gasteiger partial charge >= 0.3 is 5.97 Å². The maximum absolute atomic E-state index is 11.6. The van der Waals surface area contributed by atoms with E-state index in [2.05, 4.69) is 24.4 Å². The summed E-state index contributed by atoms with van der Waals surface area (Å²) >= 11 is 1.41. The number of carbonyl (C=O) groups excluding carboxylic acids is 2. The summed E-state index contributed by atoms with van der Waals surface area (Å²) in [7, 11) is -1.40. The van der Waals surface area contributed by atoms with Gasteiger partial charge < -0.3 is 4.74 Å². The summed E-state index contributed by atoms with van der Waals surface area (Å²) in [4.78, 5) is 23.4. The SMILES string of the molecule is CCOC(=O)C(=O)c1ccc([Si](C)(C)C)s1. The summed E-state index contributed by atoms with van der Waals surface area (Å²) in [6, 6.07) is 3.67. The Kier molecular flexibility index (Phi) is 4.04. The van der Waals surface area contributed by atoms with Gasteiger partial charge in [-0.1, -0.05) is 25.7 Å². The molecule has 1 aromatic heterocycles. The van der Waals surface area contributed by atoms with Crippen LogP contribution in [0.4, 0.5) is 0 Å². The second kappa shape index (κ2) is 4.93. The van der Waals surface area contributed by atoms with Crippen LogP contribution in [0.15, 0.2) is 12.1 Å². The molecule has 0 fully saturated rings. The lowest BCUT2D eigenvalue weighted by atomic mass is 10.3. The van der Waals surface area contributed by atoms with Gasteiger partial charge in [0.2, 0.25) is 0 Å². The highest BCUT2D eigenvalue weighted by Crippen LogP contribution is 2.14. The molecule has 3 nitrogen and oxygen atoms in total. The van der Waals surface area contributed by atoms with E-state index < -0.39 is 19.8 Å². The molecule has 0 unspecified atom stereocenters. The summed E-state index contributed by atoms with van der Waals surface area (Å²) in [5.74, 6) is -1.29. The zero-order valence-corrected chi connectivity index (χ0v) is 11.8. The van der Waals surface area contributed by atoms with Gasteiger partial charge in [0, 0.05) is 0 Å². The molecule has 88 valence electrons. The van der Waals surface area contributed by atoms with E-state index in [0.717, 1.165) is 0 Å². The van der Waals surface area contributed by atoms with Crippen LogP contribution in [-0.2, 0) is 9.53 Å². The van der Waals surface area contributed by atoms with Crippen molar-refractivity contribution in [2.24, 2.45) is 0 Å². The van der Waals surface area contributed by atoms with Crippen molar-refractivity contribution in [1.82, 2.24) is 0 Å². The first-order valence-electron chi connectivity index (χ1n) is 5.18. The largest absolute Gasteiger partial charge is 0.460 e. The first-order valence-corrected chi connectivity index (χ1v) is 9.49. The van der Waals surface area contributed by atoms with Gasteiger partial charge in [0.25, 0.3) is 5.78 Å². The number of esters is 1. The molecule has 0 amide bonds. The fourth-order valence-corrected chi connectivity index (χ4v) is 3.98. The van der Waals surface area contributed by atoms with Gasteiger partial charge in [0.15, 0.2) is 0 Å². The van der Waals surface area contributed by atoms with Crippen LogP contribution in [0.3, 0.4) is 0 Å². The molecule has 0 aliphatic carbocycles. The molecule has 0 radical (unpaired) electrons. The van der Waals surface area contributed by atoms with E-state index >= 15 is 0 Å². The van der Waals surface area contributed by atoms with Crippen molar-refractivity contribution in [2.45, 2.75) is 26.6 Å². The van der Waals surface area contributed by atoms with Crippen molar-refractivity contribution >= 4 is 35.7 Å². The molecule has 0 aliphatic rings. The number of carbonyl (C=O) groups is 2. The van der Waals surface area contributed by atoms with Crippen molar-refractivity contribution < 1.29 is 14.3 Å². The van der Waals surface area contributed by atoms with E-state index in [1.54, 1.807) is 13.0 Å². The Morgan fingerprint density at radius 2 is 1.94 bits per heavy atom. The highest BCUT2D eigenvalue weighted by atomic mass is 32.1. The lowest BCUT2D eigenvalue weighted by molar-refractivity contribution is -0.137. The average molecular weight is 256 g/mol. The van der Waals surface area contributed by atoms with Gasteiger partial charge in [-0.15, -0.1) is 11.3 Å². The van der Waals surface area contributed by atoms with Gasteiger partial charge in [-0.2, -0.15) is 0 Å². The van der Waals surface area contributed by atoms with Gasteiger partial charge in [0.05, 0.1) is 19.6 Å². The smallest absolute Gasteiger partial charge is 0.380 e. The van der Waals surface area contributed by atoms with Gasteiger partial charge in [-0.25, -0.2) is 4.79 Å². The summed E-state index contributed by atoms with van der Waals surface area (Å²) < 4.78 is 5.90. The van der Waals surface area contributed by atoms with Crippen molar-refractivity contribution in [1.29, 1.82) is 0 Å². The number of Topliss-reactive ketones (excluding diaryl/α,β-unsaturated/α-hetero) is 1. The fourth-order valence-electron chi connectivity index (χ4n) is 1.16. The van der Waals surface area contributed by atoms with Crippen LogP contribution in [0, 0.1) is 0 Å².